The van der Waals surface area contributed by atoms with E-state index >= 15 is 0 Å². The predicted molar refractivity (Wildman–Crippen MR) is 102 cm³/mol. The molecule has 2 aromatic carbocycles. The first-order valence-corrected chi connectivity index (χ1v) is 10.1. The summed E-state index contributed by atoms with van der Waals surface area (Å²) in [6.07, 6.45) is 1.79. The Balaban J connectivity index is 2.01. The molecule has 0 saturated carbocycles. The topological polar surface area (TPSA) is 101 Å². The van der Waals surface area contributed by atoms with Gasteiger partial charge in [0.2, 0.25) is 10.0 Å². The van der Waals surface area contributed by atoms with Crippen molar-refractivity contribution >= 4 is 16.1 Å². The Kier molecular flexibility index (Phi) is 6.76. The summed E-state index contributed by atoms with van der Waals surface area (Å²) in [6.45, 7) is 3.91. The van der Waals surface area contributed by atoms with Crippen LogP contribution in [0.25, 0.3) is 0 Å². The van der Waals surface area contributed by atoms with E-state index in [4.69, 9.17) is 5.14 Å². The molecule has 0 aliphatic heterocycles. The van der Waals surface area contributed by atoms with Gasteiger partial charge in [0, 0.05) is 0 Å². The molecule has 0 radical (unpaired) electrons. The molecule has 0 aliphatic rings. The number of carbonyl (C=O) groups excluding carboxylic acids is 1. The standard InChI is InChI=1S/C19H25N3O3S/c1-3-7-18(16-8-5-4-6-9-16)22-19(23)21-14(2)15-10-12-17(13-11-15)26(20,24)25/h4-6,8-14,18H,3,7H2,1-2H3,(H2,20,24,25)(H2,21,22,23)/t14-,18+/m1/s1. The van der Waals surface area contributed by atoms with E-state index in [2.05, 4.69) is 17.6 Å². The van der Waals surface area contributed by atoms with Crippen LogP contribution in [-0.4, -0.2) is 14.4 Å². The summed E-state index contributed by atoms with van der Waals surface area (Å²) in [4.78, 5) is 12.4. The first-order valence-electron chi connectivity index (χ1n) is 8.56. The molecule has 0 unspecified atom stereocenters. The molecule has 0 spiro atoms. The Hall–Kier alpha value is -2.38. The van der Waals surface area contributed by atoms with E-state index in [1.807, 2.05) is 37.3 Å². The predicted octanol–water partition coefficient (Wildman–Crippen LogP) is 3.24. The number of urea groups is 1. The van der Waals surface area contributed by atoms with Crippen molar-refractivity contribution < 1.29 is 13.2 Å². The number of sulfonamides is 1. The maximum Gasteiger partial charge on any atom is 0.315 e. The Labute approximate surface area is 154 Å². The van der Waals surface area contributed by atoms with Gasteiger partial charge in [-0.25, -0.2) is 18.4 Å². The molecule has 26 heavy (non-hydrogen) atoms. The SMILES string of the molecule is CCC[C@H](NC(=O)N[C@H](C)c1ccc(S(N)(=O)=O)cc1)c1ccccc1. The highest BCUT2D eigenvalue weighted by Crippen LogP contribution is 2.19. The average Bonchev–Trinajstić information content (AvgIpc) is 2.61. The smallest absolute Gasteiger partial charge is 0.315 e. The Morgan fingerprint density at radius 2 is 1.62 bits per heavy atom. The quantitative estimate of drug-likeness (QED) is 0.692. The molecular weight excluding hydrogens is 350 g/mol. The molecule has 140 valence electrons. The van der Waals surface area contributed by atoms with Gasteiger partial charge in [-0.1, -0.05) is 55.8 Å². The largest absolute Gasteiger partial charge is 0.332 e. The Morgan fingerprint density at radius 3 is 2.15 bits per heavy atom. The van der Waals surface area contributed by atoms with Gasteiger partial charge in [0.25, 0.3) is 0 Å². The average molecular weight is 375 g/mol. The minimum Gasteiger partial charge on any atom is -0.332 e. The van der Waals surface area contributed by atoms with Gasteiger partial charge in [-0.15, -0.1) is 0 Å². The molecule has 2 amide bonds. The normalized spacial score (nSPS) is 13.7. The lowest BCUT2D eigenvalue weighted by Gasteiger charge is -2.21. The molecule has 6 nitrogen and oxygen atoms in total. The summed E-state index contributed by atoms with van der Waals surface area (Å²) in [5, 5.41) is 11.0. The Morgan fingerprint density at radius 1 is 1.00 bits per heavy atom. The first-order chi connectivity index (χ1) is 12.3. The van der Waals surface area contributed by atoms with Crippen molar-refractivity contribution in [1.29, 1.82) is 0 Å². The number of hydrogen-bond acceptors (Lipinski definition) is 3. The number of carbonyl (C=O) groups is 1. The summed E-state index contributed by atoms with van der Waals surface area (Å²) in [5.74, 6) is 0. The molecule has 7 heteroatoms. The third kappa shape index (κ3) is 5.57. The lowest BCUT2D eigenvalue weighted by molar-refractivity contribution is 0.233. The minimum atomic E-state index is -3.72. The highest BCUT2D eigenvalue weighted by molar-refractivity contribution is 7.89. The summed E-state index contributed by atoms with van der Waals surface area (Å²) in [7, 11) is -3.72. The van der Waals surface area contributed by atoms with Gasteiger partial charge in [0.1, 0.15) is 0 Å². The van der Waals surface area contributed by atoms with Gasteiger partial charge in [0.05, 0.1) is 17.0 Å². The second-order valence-electron chi connectivity index (χ2n) is 6.21. The van der Waals surface area contributed by atoms with Crippen LogP contribution in [0, 0.1) is 0 Å². The molecule has 4 N–H and O–H groups in total. The van der Waals surface area contributed by atoms with Crippen molar-refractivity contribution in [2.75, 3.05) is 0 Å². The minimum absolute atomic E-state index is 0.0463. The van der Waals surface area contributed by atoms with E-state index in [0.29, 0.717) is 0 Å². The van der Waals surface area contributed by atoms with Crippen LogP contribution in [0.3, 0.4) is 0 Å². The van der Waals surface area contributed by atoms with Crippen molar-refractivity contribution in [3.63, 3.8) is 0 Å². The van der Waals surface area contributed by atoms with Crippen LogP contribution in [0.15, 0.2) is 59.5 Å². The van der Waals surface area contributed by atoms with Gasteiger partial charge >= 0.3 is 6.03 Å². The van der Waals surface area contributed by atoms with Crippen LogP contribution >= 0.6 is 0 Å². The molecule has 0 heterocycles. The van der Waals surface area contributed by atoms with Crippen LogP contribution in [0.2, 0.25) is 0 Å². The molecule has 0 bridgehead atoms. The van der Waals surface area contributed by atoms with E-state index in [1.165, 1.54) is 12.1 Å². The molecule has 2 atom stereocenters. The molecule has 0 fully saturated rings. The lowest BCUT2D eigenvalue weighted by atomic mass is 10.0. The fourth-order valence-corrected chi connectivity index (χ4v) is 3.24. The maximum absolute atomic E-state index is 12.4. The number of amides is 2. The highest BCUT2D eigenvalue weighted by atomic mass is 32.2. The van der Waals surface area contributed by atoms with Crippen molar-refractivity contribution in [2.45, 2.75) is 43.7 Å². The molecule has 2 aromatic rings. The monoisotopic (exact) mass is 375 g/mol. The molecule has 2 rings (SSSR count). The van der Waals surface area contributed by atoms with Crippen molar-refractivity contribution in [2.24, 2.45) is 5.14 Å². The fourth-order valence-electron chi connectivity index (χ4n) is 2.72. The molecule has 0 aromatic heterocycles. The highest BCUT2D eigenvalue weighted by Gasteiger charge is 2.16. The number of primary sulfonamides is 1. The zero-order chi connectivity index (χ0) is 19.2. The number of benzene rings is 2. The molecule has 0 saturated heterocycles. The third-order valence-electron chi connectivity index (χ3n) is 4.14. The lowest BCUT2D eigenvalue weighted by Crippen LogP contribution is -2.39. The summed E-state index contributed by atoms with van der Waals surface area (Å²) in [6, 6.07) is 15.4. The van der Waals surface area contributed by atoms with E-state index in [0.717, 1.165) is 24.0 Å². The third-order valence-corrected chi connectivity index (χ3v) is 5.07. The van der Waals surface area contributed by atoms with Crippen molar-refractivity contribution in [3.8, 4) is 0 Å². The van der Waals surface area contributed by atoms with Crippen LogP contribution < -0.4 is 15.8 Å². The van der Waals surface area contributed by atoms with Crippen LogP contribution in [0.5, 0.6) is 0 Å². The van der Waals surface area contributed by atoms with Gasteiger partial charge < -0.3 is 10.6 Å². The molecular formula is C19H25N3O3S. The number of nitrogens with two attached hydrogens (primary N) is 1. The fraction of sp³-hybridized carbons (Fsp3) is 0.316. The van der Waals surface area contributed by atoms with Gasteiger partial charge in [-0.05, 0) is 36.6 Å². The van der Waals surface area contributed by atoms with Crippen LogP contribution in [0.1, 0.15) is 49.9 Å². The number of hydrogen-bond donors (Lipinski definition) is 3. The van der Waals surface area contributed by atoms with Gasteiger partial charge in [0.15, 0.2) is 0 Å². The maximum atomic E-state index is 12.4. The summed E-state index contributed by atoms with van der Waals surface area (Å²) >= 11 is 0. The second kappa shape index (κ2) is 8.82. The first kappa shape index (κ1) is 19.9. The van der Waals surface area contributed by atoms with Gasteiger partial charge in [-0.3, -0.25) is 0 Å². The van der Waals surface area contributed by atoms with E-state index in [9.17, 15) is 13.2 Å². The number of nitrogens with one attached hydrogen (secondary N) is 2. The van der Waals surface area contributed by atoms with E-state index in [1.54, 1.807) is 12.1 Å². The zero-order valence-electron chi connectivity index (χ0n) is 15.0. The molecule has 0 aliphatic carbocycles. The van der Waals surface area contributed by atoms with E-state index < -0.39 is 10.0 Å². The van der Waals surface area contributed by atoms with Crippen molar-refractivity contribution in [3.05, 3.63) is 65.7 Å². The summed E-state index contributed by atoms with van der Waals surface area (Å²) < 4.78 is 22.6. The van der Waals surface area contributed by atoms with Crippen LogP contribution in [-0.2, 0) is 10.0 Å². The van der Waals surface area contributed by atoms with Crippen molar-refractivity contribution in [1.82, 2.24) is 10.6 Å². The van der Waals surface area contributed by atoms with E-state index in [-0.39, 0.29) is 23.0 Å². The Bertz CT molecular complexity index is 821. The summed E-state index contributed by atoms with van der Waals surface area (Å²) in [5.41, 5.74) is 1.86. The van der Waals surface area contributed by atoms with Gasteiger partial charge in [-0.2, -0.15) is 0 Å². The zero-order valence-corrected chi connectivity index (χ0v) is 15.8. The van der Waals surface area contributed by atoms with Crippen LogP contribution in [0.4, 0.5) is 4.79 Å². The second-order valence-corrected chi connectivity index (χ2v) is 7.77. The number of rotatable bonds is 7.